The van der Waals surface area contributed by atoms with Crippen LogP contribution in [0.5, 0.6) is 5.75 Å². The second-order valence-electron chi connectivity index (χ2n) is 4.27. The fraction of sp³-hybridized carbons (Fsp3) is 0.214. The van der Waals surface area contributed by atoms with Gasteiger partial charge >= 0.3 is 5.30 Å². The topological polar surface area (TPSA) is 108 Å². The molecule has 0 bridgehead atoms. The van der Waals surface area contributed by atoms with Crippen LogP contribution in [0.3, 0.4) is 0 Å². The second-order valence-corrected chi connectivity index (χ2v) is 6.41. The lowest BCUT2D eigenvalue weighted by atomic mass is 10.1. The first kappa shape index (κ1) is 18.0. The quantitative estimate of drug-likeness (QED) is 0.344. The Morgan fingerprint density at radius 1 is 1.50 bits per heavy atom. The summed E-state index contributed by atoms with van der Waals surface area (Å²) in [5.41, 5.74) is 0.290. The van der Waals surface area contributed by atoms with Crippen LogP contribution in [0.25, 0.3) is 6.08 Å². The monoisotopic (exact) mass is 368 g/mol. The van der Waals surface area contributed by atoms with Gasteiger partial charge in [-0.3, -0.25) is 14.9 Å². The van der Waals surface area contributed by atoms with Gasteiger partial charge < -0.3 is 9.47 Å². The van der Waals surface area contributed by atoms with Crippen molar-refractivity contribution in [3.8, 4) is 5.75 Å². The first-order valence-corrected chi connectivity index (χ1v) is 8.27. The average Bonchev–Trinajstić information content (AvgIpc) is 2.86. The molecule has 0 radical (unpaired) electrons. The molecule has 24 heavy (non-hydrogen) atoms. The molecule has 0 fully saturated rings. The zero-order chi connectivity index (χ0) is 17.7. The van der Waals surface area contributed by atoms with Gasteiger partial charge in [-0.25, -0.2) is 9.79 Å². The van der Waals surface area contributed by atoms with E-state index in [1.54, 1.807) is 6.92 Å². The standard InChI is InChI=1S/C14H12N2O6S2/c1-3-22-14(18)24-13-15-10(12(17)23-13)7-8-6-9(16(19)20)4-5-11(8)21-2/h4-7H,3H2,1-2H3/b10-7-. The number of thioether (sulfide) groups is 2. The van der Waals surface area contributed by atoms with Crippen molar-refractivity contribution in [2.45, 2.75) is 6.92 Å². The number of nitro groups is 1. The number of benzene rings is 1. The molecule has 2 rings (SSSR count). The van der Waals surface area contributed by atoms with Gasteiger partial charge in [0.15, 0.2) is 0 Å². The number of rotatable bonds is 4. The minimum absolute atomic E-state index is 0.0746. The third kappa shape index (κ3) is 4.36. The van der Waals surface area contributed by atoms with E-state index in [0.29, 0.717) is 11.3 Å². The number of carbonyl (C=O) groups excluding carboxylic acids is 2. The maximum absolute atomic E-state index is 12.0. The Morgan fingerprint density at radius 2 is 2.25 bits per heavy atom. The van der Waals surface area contributed by atoms with Gasteiger partial charge in [0.2, 0.25) is 5.12 Å². The largest absolute Gasteiger partial charge is 0.496 e. The van der Waals surface area contributed by atoms with Crippen molar-refractivity contribution in [3.63, 3.8) is 0 Å². The molecule has 1 aromatic rings. The summed E-state index contributed by atoms with van der Waals surface area (Å²) < 4.78 is 10.2. The number of hydrogen-bond acceptors (Lipinski definition) is 9. The van der Waals surface area contributed by atoms with Crippen molar-refractivity contribution in [3.05, 3.63) is 39.6 Å². The molecule has 0 aromatic heterocycles. The maximum atomic E-state index is 12.0. The Morgan fingerprint density at radius 3 is 2.88 bits per heavy atom. The highest BCUT2D eigenvalue weighted by Crippen LogP contribution is 2.34. The van der Waals surface area contributed by atoms with Crippen LogP contribution in [0, 0.1) is 10.1 Å². The number of carbonyl (C=O) groups is 2. The zero-order valence-electron chi connectivity index (χ0n) is 12.7. The number of methoxy groups -OCH3 is 1. The SMILES string of the molecule is CCOC(=O)SC1=N/C(=C\c2cc([N+](=O)[O-])ccc2OC)C(=O)S1. The Hall–Kier alpha value is -2.33. The van der Waals surface area contributed by atoms with Crippen molar-refractivity contribution < 1.29 is 24.0 Å². The molecule has 1 aromatic carbocycles. The van der Waals surface area contributed by atoms with Crippen LogP contribution in [-0.4, -0.2) is 33.4 Å². The number of nitrogens with zero attached hydrogens (tertiary/aromatic N) is 2. The van der Waals surface area contributed by atoms with E-state index in [-0.39, 0.29) is 27.5 Å². The fourth-order valence-corrected chi connectivity index (χ4v) is 3.32. The van der Waals surface area contributed by atoms with Gasteiger partial charge in [0.25, 0.3) is 5.69 Å². The average molecular weight is 368 g/mol. The van der Waals surface area contributed by atoms with E-state index >= 15 is 0 Å². The summed E-state index contributed by atoms with van der Waals surface area (Å²) in [5.74, 6) is 0.368. The lowest BCUT2D eigenvalue weighted by molar-refractivity contribution is -0.384. The molecule has 10 heteroatoms. The van der Waals surface area contributed by atoms with E-state index in [9.17, 15) is 19.7 Å². The third-order valence-corrected chi connectivity index (χ3v) is 4.46. The van der Waals surface area contributed by atoms with E-state index in [1.165, 1.54) is 31.4 Å². The molecule has 0 aliphatic carbocycles. The molecule has 8 nitrogen and oxygen atoms in total. The lowest BCUT2D eigenvalue weighted by Gasteiger charge is -2.04. The summed E-state index contributed by atoms with van der Waals surface area (Å²) in [7, 11) is 1.42. The minimum Gasteiger partial charge on any atom is -0.496 e. The molecule has 1 aliphatic rings. The van der Waals surface area contributed by atoms with Crippen LogP contribution < -0.4 is 4.74 Å². The van der Waals surface area contributed by atoms with E-state index in [1.807, 2.05) is 0 Å². The van der Waals surface area contributed by atoms with Crippen molar-refractivity contribution in [2.24, 2.45) is 4.99 Å². The molecule has 126 valence electrons. The molecule has 0 atom stereocenters. The van der Waals surface area contributed by atoms with Gasteiger partial charge in [-0.2, -0.15) is 0 Å². The second kappa shape index (κ2) is 7.97. The van der Waals surface area contributed by atoms with E-state index in [0.717, 1.165) is 23.5 Å². The fourth-order valence-electron chi connectivity index (χ4n) is 1.75. The Kier molecular flexibility index (Phi) is 5.99. The van der Waals surface area contributed by atoms with Crippen molar-refractivity contribution in [1.82, 2.24) is 0 Å². The van der Waals surface area contributed by atoms with Gasteiger partial charge in [-0.05, 0) is 30.8 Å². The smallest absolute Gasteiger partial charge is 0.374 e. The first-order valence-electron chi connectivity index (χ1n) is 6.64. The molecule has 0 amide bonds. The number of nitro benzene ring substituents is 1. The van der Waals surface area contributed by atoms with Crippen molar-refractivity contribution in [1.29, 1.82) is 0 Å². The normalized spacial score (nSPS) is 15.3. The molecule has 0 spiro atoms. The van der Waals surface area contributed by atoms with Gasteiger partial charge in [0.1, 0.15) is 15.8 Å². The number of non-ortho nitro benzene ring substituents is 1. The molecule has 0 saturated heterocycles. The van der Waals surface area contributed by atoms with Gasteiger partial charge in [-0.15, -0.1) is 0 Å². The van der Waals surface area contributed by atoms with Crippen LogP contribution in [0.4, 0.5) is 10.5 Å². The maximum Gasteiger partial charge on any atom is 0.374 e. The highest BCUT2D eigenvalue weighted by molar-refractivity contribution is 8.49. The minimum atomic E-state index is -0.550. The summed E-state index contributed by atoms with van der Waals surface area (Å²) in [5, 5.41) is 9.96. The van der Waals surface area contributed by atoms with Crippen molar-refractivity contribution in [2.75, 3.05) is 13.7 Å². The van der Waals surface area contributed by atoms with E-state index in [2.05, 4.69) is 4.99 Å². The lowest BCUT2D eigenvalue weighted by Crippen LogP contribution is -1.98. The molecule has 0 saturated carbocycles. The molecular formula is C14H12N2O6S2. The van der Waals surface area contributed by atoms with Crippen LogP contribution >= 0.6 is 23.5 Å². The van der Waals surface area contributed by atoms with Gasteiger partial charge in [-0.1, -0.05) is 0 Å². The van der Waals surface area contributed by atoms with E-state index < -0.39 is 10.2 Å². The summed E-state index contributed by atoms with van der Waals surface area (Å²) in [6.45, 7) is 1.90. The first-order chi connectivity index (χ1) is 11.4. The molecule has 1 aliphatic heterocycles. The van der Waals surface area contributed by atoms with Crippen LogP contribution in [-0.2, 0) is 9.53 Å². The molecule has 0 unspecified atom stereocenters. The predicted octanol–water partition coefficient (Wildman–Crippen LogP) is 3.46. The Bertz CT molecular complexity index is 760. The highest BCUT2D eigenvalue weighted by atomic mass is 32.2. The number of aliphatic imine (C=N–C) groups is 1. The molecular weight excluding hydrogens is 356 g/mol. The summed E-state index contributed by atoms with van der Waals surface area (Å²) in [6, 6.07) is 4.03. The summed E-state index contributed by atoms with van der Waals surface area (Å²) >= 11 is 1.52. The van der Waals surface area contributed by atoms with E-state index in [4.69, 9.17) is 9.47 Å². The van der Waals surface area contributed by atoms with Gasteiger partial charge in [0.05, 0.1) is 18.6 Å². The van der Waals surface area contributed by atoms with Crippen LogP contribution in [0.1, 0.15) is 12.5 Å². The summed E-state index contributed by atoms with van der Waals surface area (Å²) in [6.07, 6.45) is 1.39. The molecule has 0 N–H and O–H groups in total. The zero-order valence-corrected chi connectivity index (χ0v) is 14.3. The highest BCUT2D eigenvalue weighted by Gasteiger charge is 2.26. The van der Waals surface area contributed by atoms with Crippen LogP contribution in [0.2, 0.25) is 0 Å². The molecule has 1 heterocycles. The van der Waals surface area contributed by atoms with Crippen LogP contribution in [0.15, 0.2) is 28.9 Å². The van der Waals surface area contributed by atoms with Gasteiger partial charge in [0, 0.05) is 29.5 Å². The van der Waals surface area contributed by atoms with Crippen molar-refractivity contribution >= 4 is 50.1 Å². The predicted molar refractivity (Wildman–Crippen MR) is 92.3 cm³/mol. The Balaban J connectivity index is 2.31. The number of ether oxygens (including phenoxy) is 2. The third-order valence-electron chi connectivity index (χ3n) is 2.75. The number of hydrogen-bond donors (Lipinski definition) is 0. The Labute approximate surface area is 145 Å². The summed E-state index contributed by atoms with van der Waals surface area (Å²) in [4.78, 5) is 37.8.